The van der Waals surface area contributed by atoms with E-state index in [1.807, 2.05) is 106 Å². The van der Waals surface area contributed by atoms with Crippen LogP contribution in [0.15, 0.2) is 144 Å². The Bertz CT molecular complexity index is 1950. The number of para-hydroxylation sites is 1. The van der Waals surface area contributed by atoms with E-state index in [1.54, 1.807) is 42.5 Å². The predicted molar refractivity (Wildman–Crippen MR) is 197 cm³/mol. The monoisotopic (exact) mass is 689 g/mol. The van der Waals surface area contributed by atoms with Gasteiger partial charge < -0.3 is 15.0 Å². The van der Waals surface area contributed by atoms with Gasteiger partial charge in [-0.1, -0.05) is 97.9 Å². The highest BCUT2D eigenvalue weighted by Crippen LogP contribution is 2.29. The first-order valence-electron chi connectivity index (χ1n) is 16.7. The van der Waals surface area contributed by atoms with Gasteiger partial charge in [0, 0.05) is 19.0 Å². The molecule has 0 unspecified atom stereocenters. The summed E-state index contributed by atoms with van der Waals surface area (Å²) in [6.45, 7) is 5.43. The molecule has 0 saturated carbocycles. The third-order valence-electron chi connectivity index (χ3n) is 8.59. The van der Waals surface area contributed by atoms with Gasteiger partial charge in [-0.15, -0.1) is 0 Å². The van der Waals surface area contributed by atoms with Crippen molar-refractivity contribution in [2.45, 2.75) is 57.1 Å². The van der Waals surface area contributed by atoms with Crippen molar-refractivity contribution >= 4 is 27.5 Å². The Balaban J connectivity index is 1.56. The highest BCUT2D eigenvalue weighted by Gasteiger charge is 2.35. The SMILES string of the molecule is CC[C@@H](C)NC(=O)[C@H](Cc1ccccc1)N(Cc1ccccc1C)C(=O)CN(c1ccc(Oc2ccccc2)cc1)S(=O)(=O)c1ccccc1. The lowest BCUT2D eigenvalue weighted by Gasteiger charge is -2.34. The van der Waals surface area contributed by atoms with Crippen LogP contribution >= 0.6 is 0 Å². The second-order valence-corrected chi connectivity index (χ2v) is 14.1. The molecule has 2 atom stereocenters. The van der Waals surface area contributed by atoms with Gasteiger partial charge in [-0.05, 0) is 85.5 Å². The minimum Gasteiger partial charge on any atom is -0.457 e. The lowest BCUT2D eigenvalue weighted by molar-refractivity contribution is -0.140. The molecule has 50 heavy (non-hydrogen) atoms. The van der Waals surface area contributed by atoms with Crippen molar-refractivity contribution in [1.82, 2.24) is 10.2 Å². The first kappa shape index (κ1) is 35.9. The average molecular weight is 690 g/mol. The van der Waals surface area contributed by atoms with E-state index in [0.717, 1.165) is 21.0 Å². The maximum atomic E-state index is 14.7. The Morgan fingerprint density at radius 3 is 1.92 bits per heavy atom. The van der Waals surface area contributed by atoms with Gasteiger partial charge in [0.2, 0.25) is 11.8 Å². The Morgan fingerprint density at radius 1 is 0.740 bits per heavy atom. The van der Waals surface area contributed by atoms with Crippen LogP contribution < -0.4 is 14.4 Å². The summed E-state index contributed by atoms with van der Waals surface area (Å²) in [4.78, 5) is 30.3. The number of rotatable bonds is 15. The summed E-state index contributed by atoms with van der Waals surface area (Å²) < 4.78 is 35.7. The van der Waals surface area contributed by atoms with Crippen LogP contribution in [0.1, 0.15) is 37.0 Å². The molecule has 0 fully saturated rings. The van der Waals surface area contributed by atoms with Gasteiger partial charge in [0.25, 0.3) is 10.0 Å². The smallest absolute Gasteiger partial charge is 0.264 e. The minimum absolute atomic E-state index is 0.0400. The van der Waals surface area contributed by atoms with Gasteiger partial charge in [0.15, 0.2) is 0 Å². The Morgan fingerprint density at radius 2 is 1.30 bits per heavy atom. The molecular formula is C41H43N3O5S. The van der Waals surface area contributed by atoms with Crippen LogP contribution in [-0.2, 0) is 32.6 Å². The number of nitrogens with zero attached hydrogens (tertiary/aromatic N) is 2. The zero-order valence-corrected chi connectivity index (χ0v) is 29.4. The summed E-state index contributed by atoms with van der Waals surface area (Å²) in [7, 11) is -4.22. The van der Waals surface area contributed by atoms with Crippen LogP contribution in [0.2, 0.25) is 0 Å². The van der Waals surface area contributed by atoms with Crippen molar-refractivity contribution < 1.29 is 22.7 Å². The maximum absolute atomic E-state index is 14.7. The maximum Gasteiger partial charge on any atom is 0.264 e. The summed E-state index contributed by atoms with van der Waals surface area (Å²) in [5.41, 5.74) is 2.97. The van der Waals surface area contributed by atoms with Crippen LogP contribution in [0.25, 0.3) is 0 Å². The molecule has 5 rings (SSSR count). The van der Waals surface area contributed by atoms with Crippen molar-refractivity contribution in [2.24, 2.45) is 0 Å². The lowest BCUT2D eigenvalue weighted by Crippen LogP contribution is -2.54. The van der Waals surface area contributed by atoms with E-state index in [1.165, 1.54) is 17.0 Å². The van der Waals surface area contributed by atoms with E-state index in [-0.39, 0.29) is 35.5 Å². The number of aryl methyl sites for hydroxylation is 1. The molecule has 0 bridgehead atoms. The van der Waals surface area contributed by atoms with Crippen LogP contribution in [0.5, 0.6) is 11.5 Å². The molecule has 8 nitrogen and oxygen atoms in total. The fourth-order valence-corrected chi connectivity index (χ4v) is 6.95. The second-order valence-electron chi connectivity index (χ2n) is 12.2. The molecule has 0 radical (unpaired) electrons. The summed E-state index contributed by atoms with van der Waals surface area (Å²) >= 11 is 0. The lowest BCUT2D eigenvalue weighted by atomic mass is 10.0. The topological polar surface area (TPSA) is 96.0 Å². The van der Waals surface area contributed by atoms with E-state index in [9.17, 15) is 18.0 Å². The fourth-order valence-electron chi connectivity index (χ4n) is 5.52. The third-order valence-corrected chi connectivity index (χ3v) is 10.4. The number of anilines is 1. The highest BCUT2D eigenvalue weighted by atomic mass is 32.2. The normalized spacial score (nSPS) is 12.4. The zero-order valence-electron chi connectivity index (χ0n) is 28.6. The van der Waals surface area contributed by atoms with Gasteiger partial charge in [-0.2, -0.15) is 0 Å². The minimum atomic E-state index is -4.22. The van der Waals surface area contributed by atoms with E-state index >= 15 is 0 Å². The number of hydrogen-bond donors (Lipinski definition) is 1. The van der Waals surface area contributed by atoms with Gasteiger partial charge >= 0.3 is 0 Å². The van der Waals surface area contributed by atoms with E-state index in [0.29, 0.717) is 17.9 Å². The van der Waals surface area contributed by atoms with Crippen molar-refractivity contribution in [3.8, 4) is 11.5 Å². The number of nitrogens with one attached hydrogen (secondary N) is 1. The molecule has 258 valence electrons. The molecular weight excluding hydrogens is 647 g/mol. The fraction of sp³-hybridized carbons (Fsp3) is 0.220. The average Bonchev–Trinajstić information content (AvgIpc) is 3.14. The number of carbonyl (C=O) groups excluding carboxylic acids is 2. The van der Waals surface area contributed by atoms with Crippen LogP contribution in [0.3, 0.4) is 0 Å². The molecule has 0 heterocycles. The van der Waals surface area contributed by atoms with Gasteiger partial charge in [-0.25, -0.2) is 8.42 Å². The molecule has 5 aromatic rings. The van der Waals surface area contributed by atoms with Crippen LogP contribution in [-0.4, -0.2) is 43.8 Å². The molecule has 1 N–H and O–H groups in total. The number of sulfonamides is 1. The molecule has 0 aliphatic carbocycles. The number of amides is 2. The molecule has 9 heteroatoms. The van der Waals surface area contributed by atoms with Gasteiger partial charge in [0.05, 0.1) is 10.6 Å². The summed E-state index contributed by atoms with van der Waals surface area (Å²) in [5.74, 6) is 0.327. The third kappa shape index (κ3) is 9.18. The molecule has 0 saturated heterocycles. The predicted octanol–water partition coefficient (Wildman–Crippen LogP) is 7.54. The summed E-state index contributed by atoms with van der Waals surface area (Å²) in [6, 6.07) is 40.0. The van der Waals surface area contributed by atoms with Gasteiger partial charge in [0.1, 0.15) is 24.1 Å². The molecule has 0 aromatic heterocycles. The van der Waals surface area contributed by atoms with E-state index < -0.39 is 28.5 Å². The quantitative estimate of drug-likeness (QED) is 0.123. The van der Waals surface area contributed by atoms with Crippen molar-refractivity contribution in [3.63, 3.8) is 0 Å². The second kappa shape index (κ2) is 16.8. The van der Waals surface area contributed by atoms with E-state index in [4.69, 9.17) is 4.74 Å². The molecule has 2 amide bonds. The molecule has 0 aliphatic rings. The summed E-state index contributed by atoms with van der Waals surface area (Å²) in [6.07, 6.45) is 0.959. The van der Waals surface area contributed by atoms with Gasteiger partial charge in [-0.3, -0.25) is 13.9 Å². The Labute approximate surface area is 295 Å². The standard InChI is InChI=1S/C41H43N3O5S/c1-4-32(3)42-41(46)39(28-33-17-8-5-9-18-33)43(29-34-19-15-14-16-31(34)2)40(45)30-44(50(47,48)38-22-12-7-13-23-38)35-24-26-37(27-25-35)49-36-20-10-6-11-21-36/h5-27,32,39H,4,28-30H2,1-3H3,(H,42,46)/t32-,39+/m1/s1. The highest BCUT2D eigenvalue weighted by molar-refractivity contribution is 7.92. The first-order chi connectivity index (χ1) is 24.2. The molecule has 5 aromatic carbocycles. The van der Waals surface area contributed by atoms with E-state index in [2.05, 4.69) is 5.32 Å². The van der Waals surface area contributed by atoms with Crippen molar-refractivity contribution in [2.75, 3.05) is 10.8 Å². The van der Waals surface area contributed by atoms with Crippen LogP contribution in [0.4, 0.5) is 5.69 Å². The first-order valence-corrected chi connectivity index (χ1v) is 18.2. The number of hydrogen-bond acceptors (Lipinski definition) is 5. The Hall–Kier alpha value is -5.41. The van der Waals surface area contributed by atoms with Crippen molar-refractivity contribution in [3.05, 3.63) is 156 Å². The number of ether oxygens (including phenoxy) is 1. The number of carbonyl (C=O) groups is 2. The van der Waals surface area contributed by atoms with Crippen molar-refractivity contribution in [1.29, 1.82) is 0 Å². The zero-order chi connectivity index (χ0) is 35.5. The summed E-state index contributed by atoms with van der Waals surface area (Å²) in [5, 5.41) is 3.07. The molecule has 0 aliphatic heterocycles. The largest absolute Gasteiger partial charge is 0.457 e. The van der Waals surface area contributed by atoms with Crippen LogP contribution in [0, 0.1) is 6.92 Å². The Kier molecular flexibility index (Phi) is 12.1. The molecule has 0 spiro atoms. The number of benzene rings is 5.